The molecule has 0 spiro atoms. The average Bonchev–Trinajstić information content (AvgIpc) is 3.36. The van der Waals surface area contributed by atoms with Crippen LogP contribution in [-0.2, 0) is 16.0 Å². The predicted molar refractivity (Wildman–Crippen MR) is 127 cm³/mol. The monoisotopic (exact) mass is 454 g/mol. The smallest absolute Gasteiger partial charge is 0.261 e. The molecule has 1 atom stereocenters. The first kappa shape index (κ1) is 24.4. The lowest BCUT2D eigenvalue weighted by molar-refractivity contribution is -0.141. The van der Waals surface area contributed by atoms with E-state index in [0.717, 1.165) is 31.2 Å². The quantitative estimate of drug-likeness (QED) is 0.561. The van der Waals surface area contributed by atoms with E-state index < -0.39 is 6.04 Å². The number of rotatable bonds is 11. The molecule has 2 amide bonds. The van der Waals surface area contributed by atoms with Gasteiger partial charge in [-0.3, -0.25) is 9.59 Å². The van der Waals surface area contributed by atoms with Gasteiger partial charge in [-0.2, -0.15) is 0 Å². The Morgan fingerprint density at radius 1 is 1.00 bits per heavy atom. The summed E-state index contributed by atoms with van der Waals surface area (Å²) in [4.78, 5) is 27.7. The number of methoxy groups -OCH3 is 2. The van der Waals surface area contributed by atoms with Gasteiger partial charge in [-0.1, -0.05) is 43.2 Å². The Hall–Kier alpha value is -3.22. The van der Waals surface area contributed by atoms with Crippen molar-refractivity contribution in [1.82, 2.24) is 10.2 Å². The molecule has 0 bridgehead atoms. The van der Waals surface area contributed by atoms with E-state index in [1.165, 1.54) is 0 Å². The number of nitrogens with one attached hydrogen (secondary N) is 1. The molecule has 0 aromatic heterocycles. The van der Waals surface area contributed by atoms with Gasteiger partial charge in [0.1, 0.15) is 23.3 Å². The van der Waals surface area contributed by atoms with Gasteiger partial charge in [0.25, 0.3) is 5.91 Å². The Bertz CT molecular complexity index is 890. The van der Waals surface area contributed by atoms with Crippen LogP contribution < -0.4 is 19.5 Å². The maximum absolute atomic E-state index is 13.2. The molecule has 3 rings (SSSR count). The van der Waals surface area contributed by atoms with Crippen molar-refractivity contribution in [1.29, 1.82) is 0 Å². The third-order valence-corrected chi connectivity index (χ3v) is 6.04. The minimum atomic E-state index is -0.592. The van der Waals surface area contributed by atoms with Crippen LogP contribution in [0.25, 0.3) is 0 Å². The first-order valence-electron chi connectivity index (χ1n) is 11.5. The summed E-state index contributed by atoms with van der Waals surface area (Å²) < 4.78 is 16.3. The number of carbonyl (C=O) groups excluding carboxylic acids is 2. The molecule has 7 nitrogen and oxygen atoms in total. The highest BCUT2D eigenvalue weighted by molar-refractivity contribution is 5.88. The average molecular weight is 455 g/mol. The zero-order chi connectivity index (χ0) is 23.6. The van der Waals surface area contributed by atoms with Crippen molar-refractivity contribution >= 4 is 11.8 Å². The lowest BCUT2D eigenvalue weighted by atomic mass is 10.1. The molecule has 0 unspecified atom stereocenters. The highest BCUT2D eigenvalue weighted by atomic mass is 16.5. The Morgan fingerprint density at radius 3 is 2.21 bits per heavy atom. The van der Waals surface area contributed by atoms with Crippen LogP contribution in [0.5, 0.6) is 17.2 Å². The molecule has 1 N–H and O–H groups in total. The van der Waals surface area contributed by atoms with Crippen LogP contribution in [0, 0.1) is 0 Å². The van der Waals surface area contributed by atoms with Crippen LogP contribution >= 0.6 is 0 Å². The number of amides is 2. The zero-order valence-electron chi connectivity index (χ0n) is 19.7. The van der Waals surface area contributed by atoms with E-state index in [2.05, 4.69) is 5.32 Å². The van der Waals surface area contributed by atoms with Gasteiger partial charge in [-0.15, -0.1) is 0 Å². The number of ether oxygens (including phenoxy) is 3. The summed E-state index contributed by atoms with van der Waals surface area (Å²) in [5.74, 6) is 1.24. The number of nitrogens with zero attached hydrogens (tertiary/aromatic N) is 1. The molecule has 33 heavy (non-hydrogen) atoms. The van der Waals surface area contributed by atoms with Gasteiger partial charge in [-0.05, 0) is 31.7 Å². The molecule has 1 aliphatic carbocycles. The Kier molecular flexibility index (Phi) is 8.98. The maximum atomic E-state index is 13.2. The molecule has 2 aromatic carbocycles. The van der Waals surface area contributed by atoms with Crippen LogP contribution in [0.1, 0.15) is 38.2 Å². The largest absolute Gasteiger partial charge is 0.496 e. The molecule has 0 aliphatic heterocycles. The van der Waals surface area contributed by atoms with E-state index in [-0.39, 0.29) is 24.5 Å². The molecule has 1 saturated carbocycles. The fraction of sp³-hybridized carbons (Fsp3) is 0.462. The standard InChI is InChI=1S/C26H34N2O5/c1-19(26(30)27-21-11-7-8-12-21)28(14-13-20-9-5-4-6-10-20)25(29)18-33-24-16-22(31-2)15-23(17-24)32-3/h4-6,9-10,15-17,19,21H,7-8,11-14,18H2,1-3H3,(H,27,30)/t19-/m0/s1. The number of carbonyl (C=O) groups is 2. The van der Waals surface area contributed by atoms with Crippen molar-refractivity contribution in [3.05, 3.63) is 54.1 Å². The van der Waals surface area contributed by atoms with Crippen LogP contribution in [0.4, 0.5) is 0 Å². The van der Waals surface area contributed by atoms with Gasteiger partial charge in [0.05, 0.1) is 14.2 Å². The number of hydrogen-bond acceptors (Lipinski definition) is 5. The third kappa shape index (κ3) is 7.14. The molecule has 2 aromatic rings. The second-order valence-corrected chi connectivity index (χ2v) is 8.33. The van der Waals surface area contributed by atoms with Crippen LogP contribution in [0.3, 0.4) is 0 Å². The number of hydrogen-bond donors (Lipinski definition) is 1. The SMILES string of the molecule is COc1cc(OC)cc(OCC(=O)N(CCc2ccccc2)[C@@H](C)C(=O)NC2CCCC2)c1. The molecule has 1 fully saturated rings. The summed E-state index contributed by atoms with van der Waals surface area (Å²) in [5.41, 5.74) is 1.11. The van der Waals surface area contributed by atoms with E-state index in [1.54, 1.807) is 44.2 Å². The summed E-state index contributed by atoms with van der Waals surface area (Å²) in [7, 11) is 3.11. The highest BCUT2D eigenvalue weighted by Gasteiger charge is 2.28. The van der Waals surface area contributed by atoms with Gasteiger partial charge in [0, 0.05) is 30.8 Å². The summed E-state index contributed by atoms with van der Waals surface area (Å²) >= 11 is 0. The van der Waals surface area contributed by atoms with Crippen LogP contribution in [-0.4, -0.2) is 56.2 Å². The normalized spacial score (nSPS) is 14.4. The first-order valence-corrected chi connectivity index (χ1v) is 11.5. The fourth-order valence-electron chi connectivity index (χ4n) is 4.05. The minimum Gasteiger partial charge on any atom is -0.496 e. The molecule has 178 valence electrons. The molecule has 0 radical (unpaired) electrons. The molecule has 1 aliphatic rings. The van der Waals surface area contributed by atoms with Crippen molar-refractivity contribution in [2.45, 2.75) is 51.1 Å². The minimum absolute atomic E-state index is 0.119. The summed E-state index contributed by atoms with van der Waals surface area (Å²) in [6, 6.07) is 14.7. The molecule has 0 heterocycles. The zero-order valence-corrected chi connectivity index (χ0v) is 19.7. The van der Waals surface area contributed by atoms with Gasteiger partial charge >= 0.3 is 0 Å². The summed E-state index contributed by atoms with van der Waals surface area (Å²) in [5, 5.41) is 3.11. The molecular formula is C26H34N2O5. The van der Waals surface area contributed by atoms with Gasteiger partial charge in [0.15, 0.2) is 6.61 Å². The van der Waals surface area contributed by atoms with Gasteiger partial charge < -0.3 is 24.4 Å². The first-order chi connectivity index (χ1) is 16.0. The Labute approximate surface area is 196 Å². The Balaban J connectivity index is 1.68. The molecule has 0 saturated heterocycles. The lowest BCUT2D eigenvalue weighted by Crippen LogP contribution is -2.51. The van der Waals surface area contributed by atoms with Gasteiger partial charge in [-0.25, -0.2) is 0 Å². The topological polar surface area (TPSA) is 77.1 Å². The molecule has 7 heteroatoms. The van der Waals surface area contributed by atoms with E-state index in [9.17, 15) is 9.59 Å². The second-order valence-electron chi connectivity index (χ2n) is 8.33. The van der Waals surface area contributed by atoms with Crippen molar-refractivity contribution in [3.63, 3.8) is 0 Å². The Morgan fingerprint density at radius 2 is 1.61 bits per heavy atom. The second kappa shape index (κ2) is 12.1. The van der Waals surface area contributed by atoms with Crippen molar-refractivity contribution in [3.8, 4) is 17.2 Å². The summed E-state index contributed by atoms with van der Waals surface area (Å²) in [6.45, 7) is 2.01. The molecular weight excluding hydrogens is 420 g/mol. The number of benzene rings is 2. The van der Waals surface area contributed by atoms with Crippen LogP contribution in [0.15, 0.2) is 48.5 Å². The van der Waals surface area contributed by atoms with Crippen molar-refractivity contribution in [2.75, 3.05) is 27.4 Å². The third-order valence-electron chi connectivity index (χ3n) is 6.04. The lowest BCUT2D eigenvalue weighted by Gasteiger charge is -2.29. The van der Waals surface area contributed by atoms with Crippen molar-refractivity contribution < 1.29 is 23.8 Å². The predicted octanol–water partition coefficient (Wildman–Crippen LogP) is 3.60. The van der Waals surface area contributed by atoms with Gasteiger partial charge in [0.2, 0.25) is 5.91 Å². The van der Waals surface area contributed by atoms with E-state index in [1.807, 2.05) is 30.3 Å². The van der Waals surface area contributed by atoms with E-state index in [4.69, 9.17) is 14.2 Å². The summed E-state index contributed by atoms with van der Waals surface area (Å²) in [6.07, 6.45) is 4.91. The highest BCUT2D eigenvalue weighted by Crippen LogP contribution is 2.27. The van der Waals surface area contributed by atoms with E-state index >= 15 is 0 Å². The van der Waals surface area contributed by atoms with E-state index in [0.29, 0.717) is 30.2 Å². The van der Waals surface area contributed by atoms with Crippen molar-refractivity contribution in [2.24, 2.45) is 0 Å². The fourth-order valence-corrected chi connectivity index (χ4v) is 4.05. The van der Waals surface area contributed by atoms with Crippen LogP contribution in [0.2, 0.25) is 0 Å². The maximum Gasteiger partial charge on any atom is 0.261 e.